The number of thiophene rings is 1. The van der Waals surface area contributed by atoms with Gasteiger partial charge in [0.15, 0.2) is 0 Å². The van der Waals surface area contributed by atoms with Crippen LogP contribution in [0.1, 0.15) is 15.2 Å². The van der Waals surface area contributed by atoms with Gasteiger partial charge in [0, 0.05) is 42.6 Å². The average Bonchev–Trinajstić information content (AvgIpc) is 3.08. The smallest absolute Gasteiger partial charge is 0.256 e. The number of rotatable bonds is 4. The van der Waals surface area contributed by atoms with Crippen LogP contribution in [0, 0.1) is 5.82 Å². The molecule has 0 atom stereocenters. The summed E-state index contributed by atoms with van der Waals surface area (Å²) in [5.41, 5.74) is 0.0598. The maximum Gasteiger partial charge on any atom is 0.256 e. The van der Waals surface area contributed by atoms with Crippen molar-refractivity contribution in [3.8, 4) is 0 Å². The number of hydrogen-bond acceptors (Lipinski definition) is 3. The predicted octanol–water partition coefficient (Wildman–Crippen LogP) is 3.54. The summed E-state index contributed by atoms with van der Waals surface area (Å²) in [6, 6.07) is 8.31. The van der Waals surface area contributed by atoms with Crippen LogP contribution in [-0.2, 0) is 6.42 Å². The van der Waals surface area contributed by atoms with E-state index in [0.29, 0.717) is 18.1 Å². The van der Waals surface area contributed by atoms with Gasteiger partial charge in [-0.25, -0.2) is 4.39 Å². The zero-order valence-electron chi connectivity index (χ0n) is 12.7. The van der Waals surface area contributed by atoms with E-state index in [1.54, 1.807) is 16.2 Å². The predicted molar refractivity (Wildman–Crippen MR) is 91.8 cm³/mol. The second-order valence-corrected chi connectivity index (χ2v) is 7.06. The minimum Gasteiger partial charge on any atom is -0.336 e. The second-order valence-electron chi connectivity index (χ2n) is 5.59. The summed E-state index contributed by atoms with van der Waals surface area (Å²) < 4.78 is 13.8. The molecule has 1 saturated heterocycles. The highest BCUT2D eigenvalue weighted by Gasteiger charge is 2.24. The van der Waals surface area contributed by atoms with Gasteiger partial charge >= 0.3 is 0 Å². The molecule has 122 valence electrons. The number of amides is 1. The topological polar surface area (TPSA) is 23.6 Å². The Labute approximate surface area is 144 Å². The molecule has 0 unspecified atom stereocenters. The third-order valence-corrected chi connectivity index (χ3v) is 5.24. The van der Waals surface area contributed by atoms with Crippen LogP contribution in [0.4, 0.5) is 4.39 Å². The van der Waals surface area contributed by atoms with Gasteiger partial charge < -0.3 is 4.90 Å². The van der Waals surface area contributed by atoms with Gasteiger partial charge in [-0.1, -0.05) is 17.7 Å². The molecule has 0 bridgehead atoms. The molecule has 3 nitrogen and oxygen atoms in total. The lowest BCUT2D eigenvalue weighted by atomic mass is 10.1. The summed E-state index contributed by atoms with van der Waals surface area (Å²) in [7, 11) is 0. The summed E-state index contributed by atoms with van der Waals surface area (Å²) in [6.45, 7) is 3.87. The fraction of sp³-hybridized carbons (Fsp3) is 0.353. The van der Waals surface area contributed by atoms with Crippen LogP contribution in [0.5, 0.6) is 0 Å². The second kappa shape index (κ2) is 7.43. The minimum absolute atomic E-state index is 0.0598. The summed E-state index contributed by atoms with van der Waals surface area (Å²) >= 11 is 7.64. The standard InChI is InChI=1S/C17H18ClFN2OS/c18-13-3-4-16(19)15(12-13)17(22)21-9-7-20(8-10-21)6-5-14-2-1-11-23-14/h1-4,11-12H,5-10H2. The maximum absolute atomic E-state index is 13.8. The number of carbonyl (C=O) groups is 1. The Hall–Kier alpha value is -1.43. The highest BCUT2D eigenvalue weighted by molar-refractivity contribution is 7.09. The summed E-state index contributed by atoms with van der Waals surface area (Å²) in [4.78, 5) is 17.9. The van der Waals surface area contributed by atoms with E-state index < -0.39 is 5.82 Å². The van der Waals surface area contributed by atoms with Crippen LogP contribution in [0.3, 0.4) is 0 Å². The number of nitrogens with zero attached hydrogens (tertiary/aromatic N) is 2. The molecule has 1 amide bonds. The lowest BCUT2D eigenvalue weighted by Crippen LogP contribution is -2.49. The van der Waals surface area contributed by atoms with Gasteiger partial charge in [-0.3, -0.25) is 9.69 Å². The van der Waals surface area contributed by atoms with Gasteiger partial charge in [0.2, 0.25) is 0 Å². The molecule has 1 aromatic carbocycles. The quantitative estimate of drug-likeness (QED) is 0.840. The number of carbonyl (C=O) groups excluding carboxylic acids is 1. The molecule has 1 aromatic heterocycles. The van der Waals surface area contributed by atoms with Crippen LogP contribution in [0.15, 0.2) is 35.7 Å². The molecule has 23 heavy (non-hydrogen) atoms. The summed E-state index contributed by atoms with van der Waals surface area (Å²) in [5.74, 6) is -0.789. The molecule has 0 aliphatic carbocycles. The Bertz CT molecular complexity index is 669. The highest BCUT2D eigenvalue weighted by atomic mass is 35.5. The van der Waals surface area contributed by atoms with Crippen molar-refractivity contribution in [2.75, 3.05) is 32.7 Å². The molecule has 1 fully saturated rings. The van der Waals surface area contributed by atoms with E-state index >= 15 is 0 Å². The van der Waals surface area contributed by atoms with Crippen LogP contribution in [0.25, 0.3) is 0 Å². The minimum atomic E-state index is -0.514. The molecule has 0 radical (unpaired) electrons. The van der Waals surface area contributed by atoms with Crippen molar-refractivity contribution >= 4 is 28.8 Å². The lowest BCUT2D eigenvalue weighted by molar-refractivity contribution is 0.0634. The van der Waals surface area contributed by atoms with Crippen LogP contribution >= 0.6 is 22.9 Å². The van der Waals surface area contributed by atoms with Crippen molar-refractivity contribution in [1.82, 2.24) is 9.80 Å². The van der Waals surface area contributed by atoms with Crippen molar-refractivity contribution in [1.29, 1.82) is 0 Å². The molecule has 6 heteroatoms. The molecule has 1 aliphatic rings. The first kappa shape index (κ1) is 16.4. The summed E-state index contributed by atoms with van der Waals surface area (Å²) in [6.07, 6.45) is 1.04. The Balaban J connectivity index is 1.54. The van der Waals surface area contributed by atoms with Crippen LogP contribution < -0.4 is 0 Å². The zero-order valence-corrected chi connectivity index (χ0v) is 14.2. The Morgan fingerprint density at radius 2 is 2.00 bits per heavy atom. The van der Waals surface area contributed by atoms with Crippen molar-refractivity contribution < 1.29 is 9.18 Å². The SMILES string of the molecule is O=C(c1cc(Cl)ccc1F)N1CCN(CCc2cccs2)CC1. The monoisotopic (exact) mass is 352 g/mol. The molecule has 0 spiro atoms. The van der Waals surface area contributed by atoms with E-state index in [0.717, 1.165) is 26.1 Å². The Morgan fingerprint density at radius 1 is 1.22 bits per heavy atom. The first-order chi connectivity index (χ1) is 11.1. The molecule has 2 heterocycles. The first-order valence-corrected chi connectivity index (χ1v) is 8.88. The van der Waals surface area contributed by atoms with E-state index in [9.17, 15) is 9.18 Å². The molecular formula is C17H18ClFN2OS. The number of halogens is 2. The largest absolute Gasteiger partial charge is 0.336 e. The van der Waals surface area contributed by atoms with Gasteiger partial charge in [0.05, 0.1) is 5.56 Å². The third kappa shape index (κ3) is 4.10. The first-order valence-electron chi connectivity index (χ1n) is 7.62. The van der Waals surface area contributed by atoms with E-state index in [1.807, 2.05) is 0 Å². The lowest BCUT2D eigenvalue weighted by Gasteiger charge is -2.34. The van der Waals surface area contributed by atoms with E-state index in [2.05, 4.69) is 22.4 Å². The van der Waals surface area contributed by atoms with Gasteiger partial charge in [-0.05, 0) is 36.1 Å². The van der Waals surface area contributed by atoms with Crippen LogP contribution in [-0.4, -0.2) is 48.4 Å². The molecule has 3 rings (SSSR count). The van der Waals surface area contributed by atoms with Crippen molar-refractivity contribution in [2.45, 2.75) is 6.42 Å². The van der Waals surface area contributed by atoms with Gasteiger partial charge in [0.1, 0.15) is 5.82 Å². The van der Waals surface area contributed by atoms with E-state index in [-0.39, 0.29) is 11.5 Å². The summed E-state index contributed by atoms with van der Waals surface area (Å²) in [5, 5.41) is 2.47. The molecular weight excluding hydrogens is 335 g/mol. The van der Waals surface area contributed by atoms with Gasteiger partial charge in [-0.2, -0.15) is 0 Å². The average molecular weight is 353 g/mol. The van der Waals surface area contributed by atoms with Crippen LogP contribution in [0.2, 0.25) is 5.02 Å². The van der Waals surface area contributed by atoms with Crippen molar-refractivity contribution in [2.24, 2.45) is 0 Å². The van der Waals surface area contributed by atoms with Gasteiger partial charge in [0.25, 0.3) is 5.91 Å². The fourth-order valence-electron chi connectivity index (χ4n) is 2.73. The van der Waals surface area contributed by atoms with E-state index in [4.69, 9.17) is 11.6 Å². The molecule has 0 saturated carbocycles. The highest BCUT2D eigenvalue weighted by Crippen LogP contribution is 2.18. The van der Waals surface area contributed by atoms with Crippen molar-refractivity contribution in [3.63, 3.8) is 0 Å². The number of benzene rings is 1. The Kier molecular flexibility index (Phi) is 5.30. The fourth-order valence-corrected chi connectivity index (χ4v) is 3.60. The molecule has 1 aliphatic heterocycles. The molecule has 0 N–H and O–H groups in total. The zero-order chi connectivity index (χ0) is 16.2. The molecule has 2 aromatic rings. The normalized spacial score (nSPS) is 15.8. The Morgan fingerprint density at radius 3 is 2.70 bits per heavy atom. The van der Waals surface area contributed by atoms with E-state index in [1.165, 1.54) is 23.1 Å². The number of hydrogen-bond donors (Lipinski definition) is 0. The van der Waals surface area contributed by atoms with Crippen molar-refractivity contribution in [3.05, 3.63) is 57.0 Å². The van der Waals surface area contributed by atoms with Gasteiger partial charge in [-0.15, -0.1) is 11.3 Å². The maximum atomic E-state index is 13.8. The third-order valence-electron chi connectivity index (χ3n) is 4.07. The number of piperazine rings is 1.